The van der Waals surface area contributed by atoms with Gasteiger partial charge in [0.1, 0.15) is 0 Å². The molecule has 1 atom stereocenters. The Morgan fingerprint density at radius 2 is 2.10 bits per heavy atom. The van der Waals surface area contributed by atoms with Crippen molar-refractivity contribution in [3.8, 4) is 0 Å². The van der Waals surface area contributed by atoms with Crippen molar-refractivity contribution in [1.29, 1.82) is 0 Å². The standard InChI is InChI=1S/C14H21N3O3/c1-10(13(19-2)20-3)16-11-5-4-6-12(9-11)17-8-7-15-14(17)18/h4-6,9-10,13,16H,7-8H2,1-3H3,(H,15,18). The monoisotopic (exact) mass is 279 g/mol. The van der Waals surface area contributed by atoms with E-state index < -0.39 is 0 Å². The number of carbonyl (C=O) groups is 1. The molecule has 0 aliphatic carbocycles. The van der Waals surface area contributed by atoms with Gasteiger partial charge in [0.05, 0.1) is 6.04 Å². The van der Waals surface area contributed by atoms with Crippen LogP contribution >= 0.6 is 0 Å². The Balaban J connectivity index is 2.08. The smallest absolute Gasteiger partial charge is 0.321 e. The molecule has 1 aromatic rings. The van der Waals surface area contributed by atoms with E-state index in [4.69, 9.17) is 9.47 Å². The van der Waals surface area contributed by atoms with Gasteiger partial charge in [-0.15, -0.1) is 0 Å². The molecule has 0 spiro atoms. The number of carbonyl (C=O) groups excluding carboxylic acids is 1. The molecule has 2 amide bonds. The summed E-state index contributed by atoms with van der Waals surface area (Å²) in [6.07, 6.45) is -0.325. The molecule has 1 aliphatic heterocycles. The second-order valence-corrected chi connectivity index (χ2v) is 4.71. The van der Waals surface area contributed by atoms with Gasteiger partial charge in [0.2, 0.25) is 0 Å². The van der Waals surface area contributed by atoms with Gasteiger partial charge in [0, 0.05) is 38.7 Å². The predicted octanol–water partition coefficient (Wildman–Crippen LogP) is 1.64. The van der Waals surface area contributed by atoms with E-state index in [2.05, 4.69) is 10.6 Å². The SMILES string of the molecule is COC(OC)C(C)Nc1cccc(N2CCNC2=O)c1. The minimum atomic E-state index is -0.325. The highest BCUT2D eigenvalue weighted by Crippen LogP contribution is 2.22. The van der Waals surface area contributed by atoms with Crippen LogP contribution < -0.4 is 15.5 Å². The van der Waals surface area contributed by atoms with Crippen molar-refractivity contribution in [2.24, 2.45) is 0 Å². The molecular formula is C14H21N3O3. The molecule has 110 valence electrons. The van der Waals surface area contributed by atoms with Gasteiger partial charge in [-0.3, -0.25) is 4.90 Å². The summed E-state index contributed by atoms with van der Waals surface area (Å²) in [7, 11) is 3.22. The van der Waals surface area contributed by atoms with Gasteiger partial charge in [0.25, 0.3) is 0 Å². The lowest BCUT2D eigenvalue weighted by molar-refractivity contribution is -0.109. The van der Waals surface area contributed by atoms with Crippen LogP contribution in [0.15, 0.2) is 24.3 Å². The molecule has 2 N–H and O–H groups in total. The van der Waals surface area contributed by atoms with E-state index in [0.29, 0.717) is 13.1 Å². The fraction of sp³-hybridized carbons (Fsp3) is 0.500. The summed E-state index contributed by atoms with van der Waals surface area (Å²) in [6, 6.07) is 7.69. The minimum absolute atomic E-state index is 0.00680. The summed E-state index contributed by atoms with van der Waals surface area (Å²) in [5.41, 5.74) is 1.80. The summed E-state index contributed by atoms with van der Waals surface area (Å²) >= 11 is 0. The first-order chi connectivity index (χ1) is 9.65. The molecular weight excluding hydrogens is 258 g/mol. The molecule has 0 saturated carbocycles. The Kier molecular flexibility index (Phi) is 4.81. The lowest BCUT2D eigenvalue weighted by Gasteiger charge is -2.24. The molecule has 1 fully saturated rings. The van der Waals surface area contributed by atoms with Gasteiger partial charge >= 0.3 is 6.03 Å². The largest absolute Gasteiger partial charge is 0.377 e. The number of nitrogens with zero attached hydrogens (tertiary/aromatic N) is 1. The van der Waals surface area contributed by atoms with Crippen LogP contribution in [0.2, 0.25) is 0 Å². The topological polar surface area (TPSA) is 62.8 Å². The van der Waals surface area contributed by atoms with Crippen molar-refractivity contribution in [3.63, 3.8) is 0 Å². The number of rotatable bonds is 6. The number of benzene rings is 1. The van der Waals surface area contributed by atoms with Gasteiger partial charge in [-0.1, -0.05) is 6.07 Å². The number of hydrogen-bond acceptors (Lipinski definition) is 4. The van der Waals surface area contributed by atoms with Crippen LogP contribution in [0.5, 0.6) is 0 Å². The lowest BCUT2D eigenvalue weighted by Crippen LogP contribution is -2.34. The van der Waals surface area contributed by atoms with Crippen LogP contribution in [0.3, 0.4) is 0 Å². The van der Waals surface area contributed by atoms with E-state index >= 15 is 0 Å². The van der Waals surface area contributed by atoms with E-state index in [1.54, 1.807) is 19.1 Å². The number of nitrogens with one attached hydrogen (secondary N) is 2. The van der Waals surface area contributed by atoms with Gasteiger partial charge in [0.15, 0.2) is 6.29 Å². The zero-order chi connectivity index (χ0) is 14.5. The third kappa shape index (κ3) is 3.20. The molecule has 2 rings (SSSR count). The molecule has 0 bridgehead atoms. The van der Waals surface area contributed by atoms with Crippen molar-refractivity contribution < 1.29 is 14.3 Å². The summed E-state index contributed by atoms with van der Waals surface area (Å²) < 4.78 is 10.4. The maximum absolute atomic E-state index is 11.7. The van der Waals surface area contributed by atoms with Crippen LogP contribution in [0.4, 0.5) is 16.2 Å². The zero-order valence-corrected chi connectivity index (χ0v) is 12.1. The van der Waals surface area contributed by atoms with Crippen molar-refractivity contribution in [2.45, 2.75) is 19.3 Å². The maximum atomic E-state index is 11.7. The van der Waals surface area contributed by atoms with Crippen molar-refractivity contribution >= 4 is 17.4 Å². The van der Waals surface area contributed by atoms with Crippen molar-refractivity contribution in [2.75, 3.05) is 37.5 Å². The molecule has 1 aliphatic rings. The average Bonchev–Trinajstić information content (AvgIpc) is 2.86. The van der Waals surface area contributed by atoms with E-state index in [9.17, 15) is 4.79 Å². The fourth-order valence-corrected chi connectivity index (χ4v) is 2.32. The van der Waals surface area contributed by atoms with Crippen molar-refractivity contribution in [1.82, 2.24) is 5.32 Å². The van der Waals surface area contributed by atoms with Crippen LogP contribution in [-0.4, -0.2) is 45.7 Å². The molecule has 0 aromatic heterocycles. The third-order valence-electron chi connectivity index (χ3n) is 3.28. The summed E-state index contributed by atoms with van der Waals surface area (Å²) in [5.74, 6) is 0. The fourth-order valence-electron chi connectivity index (χ4n) is 2.32. The van der Waals surface area contributed by atoms with E-state index in [-0.39, 0.29) is 18.4 Å². The quantitative estimate of drug-likeness (QED) is 0.777. The summed E-state index contributed by atoms with van der Waals surface area (Å²) in [4.78, 5) is 13.4. The van der Waals surface area contributed by atoms with Crippen LogP contribution in [-0.2, 0) is 9.47 Å². The molecule has 1 heterocycles. The van der Waals surface area contributed by atoms with E-state index in [1.165, 1.54) is 0 Å². The van der Waals surface area contributed by atoms with Crippen LogP contribution in [0.1, 0.15) is 6.92 Å². The van der Waals surface area contributed by atoms with Crippen LogP contribution in [0, 0.1) is 0 Å². The predicted molar refractivity (Wildman–Crippen MR) is 78.1 cm³/mol. The minimum Gasteiger partial charge on any atom is -0.377 e. The number of urea groups is 1. The van der Waals surface area contributed by atoms with Gasteiger partial charge in [-0.25, -0.2) is 4.79 Å². The highest BCUT2D eigenvalue weighted by atomic mass is 16.7. The van der Waals surface area contributed by atoms with Crippen molar-refractivity contribution in [3.05, 3.63) is 24.3 Å². The maximum Gasteiger partial charge on any atom is 0.321 e. The molecule has 6 nitrogen and oxygen atoms in total. The highest BCUT2D eigenvalue weighted by Gasteiger charge is 2.21. The first-order valence-electron chi connectivity index (χ1n) is 6.63. The number of amides is 2. The number of hydrogen-bond donors (Lipinski definition) is 2. The zero-order valence-electron chi connectivity index (χ0n) is 12.1. The Labute approximate surface area is 119 Å². The Bertz CT molecular complexity index is 463. The molecule has 0 radical (unpaired) electrons. The van der Waals surface area contributed by atoms with Crippen LogP contribution in [0.25, 0.3) is 0 Å². The van der Waals surface area contributed by atoms with Gasteiger partial charge in [-0.05, 0) is 25.1 Å². The summed E-state index contributed by atoms with van der Waals surface area (Å²) in [5, 5.41) is 6.11. The van der Waals surface area contributed by atoms with Gasteiger partial charge < -0.3 is 20.1 Å². The second-order valence-electron chi connectivity index (χ2n) is 4.71. The third-order valence-corrected chi connectivity index (χ3v) is 3.28. The molecule has 20 heavy (non-hydrogen) atoms. The second kappa shape index (κ2) is 6.58. The Morgan fingerprint density at radius 3 is 2.70 bits per heavy atom. The van der Waals surface area contributed by atoms with E-state index in [1.807, 2.05) is 31.2 Å². The normalized spacial score (nSPS) is 16.4. The van der Waals surface area contributed by atoms with E-state index in [0.717, 1.165) is 11.4 Å². The highest BCUT2D eigenvalue weighted by molar-refractivity contribution is 5.94. The first-order valence-corrected chi connectivity index (χ1v) is 6.63. The molecule has 6 heteroatoms. The summed E-state index contributed by atoms with van der Waals surface area (Å²) in [6.45, 7) is 3.35. The number of anilines is 2. The number of methoxy groups -OCH3 is 2. The number of ether oxygens (including phenoxy) is 2. The Morgan fingerprint density at radius 1 is 1.35 bits per heavy atom. The van der Waals surface area contributed by atoms with Gasteiger partial charge in [-0.2, -0.15) is 0 Å². The molecule has 1 unspecified atom stereocenters. The molecule has 1 aromatic carbocycles. The Hall–Kier alpha value is -1.79. The average molecular weight is 279 g/mol. The molecule has 1 saturated heterocycles. The lowest BCUT2D eigenvalue weighted by atomic mass is 10.2. The first kappa shape index (κ1) is 14.6.